The minimum Gasteiger partial charge on any atom is -0.489 e. The van der Waals surface area contributed by atoms with Gasteiger partial charge in [0.1, 0.15) is 19.0 Å². The van der Waals surface area contributed by atoms with E-state index < -0.39 is 29.9 Å². The highest BCUT2D eigenvalue weighted by molar-refractivity contribution is 6.16. The first-order valence-electron chi connectivity index (χ1n) is 23.3. The highest BCUT2D eigenvalue weighted by atomic mass is 16.5. The minimum absolute atomic E-state index is 0.0838. The summed E-state index contributed by atoms with van der Waals surface area (Å²) >= 11 is 0. The Balaban J connectivity index is 0.935. The average molecular weight is 950 g/mol. The van der Waals surface area contributed by atoms with E-state index in [1.807, 2.05) is 56.6 Å². The molecule has 0 aliphatic heterocycles. The monoisotopic (exact) mass is 949 g/mol. The second-order valence-corrected chi connectivity index (χ2v) is 17.3. The van der Waals surface area contributed by atoms with E-state index >= 15 is 0 Å². The maximum Gasteiger partial charge on any atom is 0.312 e. The van der Waals surface area contributed by atoms with E-state index in [0.717, 1.165) is 49.8 Å². The standard InChI is InChI=1S/C50H63N9O10/c1-31(2)47(56-44(61)30-68-24-23-67-22-21-66-20-19-59-28-37(57-58-59)8-5-9-45(62)63)43(60)25-35(7-6-17-53-50(51)65)49(64)54-36-12-10-34(11-13-36)29-69-38-14-15-42-40(26-38)46-32(3)41-27-52-18-16-39(41)33(4)48(46)55-42/h10-16,18,26-28,31,35,47,55H,5-9,17,19-25,29-30H2,1-4H3,(H,54,64)(H,56,61)(H,62,63)(H3,51,53,65). The maximum atomic E-state index is 13.7. The fraction of sp³-hybridized carbons (Fsp3) is 0.440. The van der Waals surface area contributed by atoms with Gasteiger partial charge in [0.05, 0.1) is 56.8 Å². The van der Waals surface area contributed by atoms with Crippen LogP contribution in [0, 0.1) is 25.7 Å². The molecule has 0 spiro atoms. The molecule has 4 amide bonds. The van der Waals surface area contributed by atoms with Crippen molar-refractivity contribution in [3.63, 3.8) is 0 Å². The van der Waals surface area contributed by atoms with E-state index in [9.17, 15) is 24.0 Å². The van der Waals surface area contributed by atoms with Gasteiger partial charge in [0.2, 0.25) is 11.8 Å². The van der Waals surface area contributed by atoms with Crippen LogP contribution in [0.5, 0.6) is 5.75 Å². The number of carbonyl (C=O) groups excluding carboxylic acids is 4. The number of aromatic amines is 1. The van der Waals surface area contributed by atoms with Gasteiger partial charge in [-0.2, -0.15) is 0 Å². The lowest BCUT2D eigenvalue weighted by molar-refractivity contribution is -0.137. The Kier molecular flexibility index (Phi) is 18.9. The number of nitrogens with one attached hydrogen (secondary N) is 4. The molecule has 0 bridgehead atoms. The van der Waals surface area contributed by atoms with E-state index in [-0.39, 0.29) is 63.2 Å². The highest BCUT2D eigenvalue weighted by Gasteiger charge is 2.29. The number of benzene rings is 3. The normalized spacial score (nSPS) is 12.4. The molecule has 0 aliphatic rings. The number of aryl methyl sites for hydroxylation is 3. The lowest BCUT2D eigenvalue weighted by Crippen LogP contribution is -2.47. The molecular weight excluding hydrogens is 887 g/mol. The summed E-state index contributed by atoms with van der Waals surface area (Å²) in [6, 6.07) is 13.8. The summed E-state index contributed by atoms with van der Waals surface area (Å²) in [6.07, 6.45) is 7.16. The van der Waals surface area contributed by atoms with E-state index in [1.54, 1.807) is 23.0 Å². The van der Waals surface area contributed by atoms with Crippen LogP contribution in [0.25, 0.3) is 32.6 Å². The Labute approximate surface area is 400 Å². The van der Waals surface area contributed by atoms with Crippen molar-refractivity contribution in [3.05, 3.63) is 89.5 Å². The van der Waals surface area contributed by atoms with Gasteiger partial charge in [-0.1, -0.05) is 31.2 Å². The number of hydrogen-bond acceptors (Lipinski definition) is 12. The van der Waals surface area contributed by atoms with Crippen LogP contribution in [-0.2, 0) is 53.0 Å². The molecule has 3 aromatic heterocycles. The second kappa shape index (κ2) is 25.4. The summed E-state index contributed by atoms with van der Waals surface area (Å²) in [5.74, 6) is -2.31. The SMILES string of the molecule is Cc1c2ccncc2c(C)c2c1[nH]c1ccc(OCc3ccc(NC(=O)C(CCCNC(N)=O)CC(=O)C(NC(=O)COCCOCCOCCn4cc(CCCC(=O)O)nn4)C(C)C)cc3)cc12. The molecule has 6 rings (SSSR count). The van der Waals surface area contributed by atoms with Crippen LogP contribution >= 0.6 is 0 Å². The Hall–Kier alpha value is -6.96. The topological polar surface area (TPSA) is 264 Å². The third-order valence-corrected chi connectivity index (χ3v) is 11.8. The molecule has 19 nitrogen and oxygen atoms in total. The number of primary amides is 1. The molecule has 0 fully saturated rings. The van der Waals surface area contributed by atoms with Crippen LogP contribution < -0.4 is 26.4 Å². The molecule has 3 heterocycles. The Morgan fingerprint density at radius 1 is 0.884 bits per heavy atom. The van der Waals surface area contributed by atoms with Gasteiger partial charge < -0.3 is 50.7 Å². The number of Topliss-reactive ketones (excluding diaryl/α,β-unsaturated/α-hetero) is 1. The molecule has 368 valence electrons. The zero-order valence-electron chi connectivity index (χ0n) is 39.7. The molecular formula is C50H63N9O10. The number of hydrogen-bond donors (Lipinski definition) is 6. The minimum atomic E-state index is -0.865. The van der Waals surface area contributed by atoms with Gasteiger partial charge in [0, 0.05) is 71.3 Å². The Bertz CT molecular complexity index is 2700. The predicted molar refractivity (Wildman–Crippen MR) is 260 cm³/mol. The number of carboxylic acids is 1. The van der Waals surface area contributed by atoms with Gasteiger partial charge in [-0.25, -0.2) is 9.48 Å². The van der Waals surface area contributed by atoms with Gasteiger partial charge in [-0.15, -0.1) is 5.10 Å². The predicted octanol–water partition coefficient (Wildman–Crippen LogP) is 5.92. The number of fused-ring (bicyclic) bond motifs is 4. The van der Waals surface area contributed by atoms with E-state index in [4.69, 9.17) is 29.8 Å². The number of anilines is 1. The van der Waals surface area contributed by atoms with E-state index in [2.05, 4.69) is 56.1 Å². The molecule has 0 saturated heterocycles. The molecule has 6 aromatic rings. The van der Waals surface area contributed by atoms with Crippen molar-refractivity contribution in [3.8, 4) is 5.75 Å². The number of nitrogens with zero attached hydrogens (tertiary/aromatic N) is 4. The third-order valence-electron chi connectivity index (χ3n) is 11.8. The number of rotatable bonds is 29. The summed E-state index contributed by atoms with van der Waals surface area (Å²) in [7, 11) is 0. The Morgan fingerprint density at radius 3 is 2.38 bits per heavy atom. The molecule has 3 aromatic carbocycles. The van der Waals surface area contributed by atoms with E-state index in [1.165, 1.54) is 10.9 Å². The van der Waals surface area contributed by atoms with Crippen molar-refractivity contribution in [2.75, 3.05) is 51.5 Å². The van der Waals surface area contributed by atoms with Crippen LogP contribution in [-0.4, -0.2) is 112 Å². The van der Waals surface area contributed by atoms with Crippen LogP contribution in [0.1, 0.15) is 68.3 Å². The van der Waals surface area contributed by atoms with Crippen molar-refractivity contribution < 1.29 is 48.0 Å². The molecule has 0 saturated carbocycles. The van der Waals surface area contributed by atoms with Gasteiger partial charge in [0.15, 0.2) is 5.78 Å². The number of carboxylic acid groups (broad SMARTS) is 1. The molecule has 19 heteroatoms. The first-order valence-corrected chi connectivity index (χ1v) is 23.3. The summed E-state index contributed by atoms with van der Waals surface area (Å²) in [4.78, 5) is 70.3. The molecule has 0 radical (unpaired) electrons. The van der Waals surface area contributed by atoms with Crippen LogP contribution in [0.4, 0.5) is 10.5 Å². The van der Waals surface area contributed by atoms with Gasteiger partial charge in [-0.05, 0) is 104 Å². The molecule has 7 N–H and O–H groups in total. The molecule has 2 unspecified atom stereocenters. The first kappa shape index (κ1) is 51.4. The first-order chi connectivity index (χ1) is 33.3. The van der Waals surface area contributed by atoms with Gasteiger partial charge in [0.25, 0.3) is 0 Å². The molecule has 0 aliphatic carbocycles. The van der Waals surface area contributed by atoms with Crippen LogP contribution in [0.2, 0.25) is 0 Å². The smallest absolute Gasteiger partial charge is 0.312 e. The number of pyridine rings is 1. The molecule has 69 heavy (non-hydrogen) atoms. The third kappa shape index (κ3) is 15.0. The van der Waals surface area contributed by atoms with Crippen molar-refractivity contribution in [2.45, 2.75) is 85.4 Å². The summed E-state index contributed by atoms with van der Waals surface area (Å²) in [5, 5.41) is 29.6. The number of ether oxygens (including phenoxy) is 4. The number of nitrogens with two attached hydrogens (primary N) is 1. The fourth-order valence-corrected chi connectivity index (χ4v) is 8.15. The van der Waals surface area contributed by atoms with E-state index in [0.29, 0.717) is 57.9 Å². The van der Waals surface area contributed by atoms with Crippen LogP contribution in [0.15, 0.2) is 67.1 Å². The fourth-order valence-electron chi connectivity index (χ4n) is 8.15. The number of H-pyrrole nitrogens is 1. The van der Waals surface area contributed by atoms with Crippen molar-refractivity contribution in [1.29, 1.82) is 0 Å². The number of urea groups is 1. The average Bonchev–Trinajstić information content (AvgIpc) is 3.95. The lowest BCUT2D eigenvalue weighted by atomic mass is 9.89. The number of aliphatic carboxylic acids is 1. The van der Waals surface area contributed by atoms with Crippen molar-refractivity contribution >= 4 is 67.9 Å². The number of carbonyl (C=O) groups is 5. The maximum absolute atomic E-state index is 13.7. The van der Waals surface area contributed by atoms with Gasteiger partial charge >= 0.3 is 12.0 Å². The summed E-state index contributed by atoms with van der Waals surface area (Å²) in [5.41, 5.74) is 11.8. The zero-order valence-corrected chi connectivity index (χ0v) is 39.7. The highest BCUT2D eigenvalue weighted by Crippen LogP contribution is 2.37. The van der Waals surface area contributed by atoms with Crippen molar-refractivity contribution in [2.24, 2.45) is 17.6 Å². The quantitative estimate of drug-likeness (QED) is 0.0299. The number of aromatic nitrogens is 5. The second-order valence-electron chi connectivity index (χ2n) is 17.3. The zero-order chi connectivity index (χ0) is 49.3. The lowest BCUT2D eigenvalue weighted by Gasteiger charge is -2.24. The van der Waals surface area contributed by atoms with Gasteiger partial charge in [-0.3, -0.25) is 24.2 Å². The molecule has 2 atom stereocenters. The van der Waals surface area contributed by atoms with Crippen molar-refractivity contribution in [1.82, 2.24) is 35.6 Å². The summed E-state index contributed by atoms with van der Waals surface area (Å²) < 4.78 is 24.5. The number of amides is 4. The summed E-state index contributed by atoms with van der Waals surface area (Å²) in [6.45, 7) is 10.00. The number of ketones is 1. The Morgan fingerprint density at radius 2 is 1.64 bits per heavy atom. The largest absolute Gasteiger partial charge is 0.489 e. The van der Waals surface area contributed by atoms with Crippen LogP contribution in [0.3, 0.4) is 0 Å².